The number of fused-ring (bicyclic) bond motifs is 2. The molecule has 36 heavy (non-hydrogen) atoms. The lowest BCUT2D eigenvalue weighted by atomic mass is 9.91. The van der Waals surface area contributed by atoms with Crippen LogP contribution in [0, 0.1) is 0 Å². The van der Waals surface area contributed by atoms with Gasteiger partial charge in [-0.2, -0.15) is 0 Å². The molecule has 1 amide bonds. The quantitative estimate of drug-likeness (QED) is 0.332. The number of amides is 1. The van der Waals surface area contributed by atoms with Gasteiger partial charge in [-0.05, 0) is 68.4 Å². The molecule has 0 spiro atoms. The monoisotopic (exact) mass is 480 g/mol. The van der Waals surface area contributed by atoms with Crippen molar-refractivity contribution in [3.8, 4) is 11.3 Å². The summed E-state index contributed by atoms with van der Waals surface area (Å²) in [6.07, 6.45) is 6.63. The first-order valence-corrected chi connectivity index (χ1v) is 12.4. The molecule has 0 radical (unpaired) electrons. The molecule has 7 heteroatoms. The van der Waals surface area contributed by atoms with Gasteiger partial charge in [-0.3, -0.25) is 14.6 Å². The molecule has 2 heterocycles. The van der Waals surface area contributed by atoms with Gasteiger partial charge in [-0.25, -0.2) is 9.97 Å². The molecule has 1 aliphatic carbocycles. The number of nitrogens with one attached hydrogen (secondary N) is 1. The molecular formula is C29H28N4O3. The van der Waals surface area contributed by atoms with Crippen LogP contribution in [0.5, 0.6) is 0 Å². The number of aryl methyl sites for hydroxylation is 2. The molecule has 0 saturated heterocycles. The Bertz CT molecular complexity index is 1400. The van der Waals surface area contributed by atoms with Crippen LogP contribution in [0.3, 0.4) is 0 Å². The minimum absolute atomic E-state index is 0.0537. The first kappa shape index (κ1) is 23.6. The molecule has 0 saturated carbocycles. The molecule has 2 N–H and O–H groups in total. The van der Waals surface area contributed by atoms with Crippen LogP contribution in [-0.4, -0.2) is 31.9 Å². The minimum atomic E-state index is -0.796. The van der Waals surface area contributed by atoms with Crippen LogP contribution in [0.2, 0.25) is 0 Å². The third-order valence-electron chi connectivity index (χ3n) is 6.61. The molecule has 182 valence electrons. The number of carboxylic acids is 1. The normalized spacial score (nSPS) is 14.8. The maximum atomic E-state index is 13.2. The highest BCUT2D eigenvalue weighted by molar-refractivity contribution is 5.97. The van der Waals surface area contributed by atoms with E-state index in [-0.39, 0.29) is 18.4 Å². The van der Waals surface area contributed by atoms with E-state index in [1.54, 1.807) is 18.3 Å². The Morgan fingerprint density at radius 3 is 2.67 bits per heavy atom. The predicted molar refractivity (Wildman–Crippen MR) is 138 cm³/mol. The summed E-state index contributed by atoms with van der Waals surface area (Å²) in [7, 11) is 0. The Morgan fingerprint density at radius 1 is 0.972 bits per heavy atom. The van der Waals surface area contributed by atoms with E-state index in [0.29, 0.717) is 35.9 Å². The molecule has 2 aromatic carbocycles. The Kier molecular flexibility index (Phi) is 6.98. The number of carbonyl (C=O) groups is 2. The Labute approximate surface area is 209 Å². The highest BCUT2D eigenvalue weighted by Gasteiger charge is 2.23. The van der Waals surface area contributed by atoms with E-state index < -0.39 is 5.97 Å². The van der Waals surface area contributed by atoms with Crippen molar-refractivity contribution in [2.75, 3.05) is 0 Å². The zero-order valence-corrected chi connectivity index (χ0v) is 20.0. The van der Waals surface area contributed by atoms with Crippen molar-refractivity contribution in [2.45, 2.75) is 51.0 Å². The molecule has 0 fully saturated rings. The molecule has 1 atom stereocenters. The van der Waals surface area contributed by atoms with Gasteiger partial charge in [0.1, 0.15) is 0 Å². The van der Waals surface area contributed by atoms with E-state index in [1.165, 1.54) is 0 Å². The molecule has 4 aromatic rings. The number of rotatable bonds is 8. The van der Waals surface area contributed by atoms with Crippen molar-refractivity contribution >= 4 is 22.9 Å². The summed E-state index contributed by atoms with van der Waals surface area (Å²) in [5.74, 6) is -0.939. The fraction of sp³-hybridized carbons (Fsp3) is 0.276. The predicted octanol–water partition coefficient (Wildman–Crippen LogP) is 5.30. The van der Waals surface area contributed by atoms with E-state index in [9.17, 15) is 9.59 Å². The third kappa shape index (κ3) is 5.25. The van der Waals surface area contributed by atoms with Gasteiger partial charge >= 0.3 is 5.97 Å². The second-order valence-corrected chi connectivity index (χ2v) is 9.15. The molecular weight excluding hydrogens is 452 g/mol. The van der Waals surface area contributed by atoms with E-state index in [0.717, 1.165) is 47.5 Å². The van der Waals surface area contributed by atoms with Crippen LogP contribution >= 0.6 is 0 Å². The smallest absolute Gasteiger partial charge is 0.303 e. The second kappa shape index (κ2) is 10.6. The number of aliphatic carboxylic acids is 1. The number of aromatic nitrogens is 3. The maximum absolute atomic E-state index is 13.2. The third-order valence-corrected chi connectivity index (χ3v) is 6.61. The highest BCUT2D eigenvalue weighted by Crippen LogP contribution is 2.29. The molecule has 1 aliphatic rings. The number of nitrogens with zero attached hydrogens (tertiary/aromatic N) is 3. The summed E-state index contributed by atoms with van der Waals surface area (Å²) in [6.45, 7) is 0. The summed E-state index contributed by atoms with van der Waals surface area (Å²) >= 11 is 0. The largest absolute Gasteiger partial charge is 0.481 e. The van der Waals surface area contributed by atoms with E-state index in [4.69, 9.17) is 15.1 Å². The Hall–Kier alpha value is -4.13. The van der Waals surface area contributed by atoms with Gasteiger partial charge < -0.3 is 10.4 Å². The lowest BCUT2D eigenvalue weighted by molar-refractivity contribution is -0.137. The number of unbranched alkanes of at least 4 members (excludes halogenated alkanes) is 1. The Balaban J connectivity index is 1.42. The molecule has 0 aliphatic heterocycles. The topological polar surface area (TPSA) is 105 Å². The van der Waals surface area contributed by atoms with Gasteiger partial charge in [0.15, 0.2) is 0 Å². The van der Waals surface area contributed by atoms with Crippen LogP contribution < -0.4 is 5.32 Å². The van der Waals surface area contributed by atoms with Crippen LogP contribution in [-0.2, 0) is 17.6 Å². The van der Waals surface area contributed by atoms with E-state index in [1.807, 2.05) is 48.5 Å². The lowest BCUT2D eigenvalue weighted by Crippen LogP contribution is -2.31. The SMILES string of the molecule is O=C(O)CCCCc1nc2cc(C(=O)N[C@H]3CCCc4ncccc43)ccc2nc1-c1ccccc1. The lowest BCUT2D eigenvalue weighted by Gasteiger charge is -2.25. The number of pyridine rings is 1. The van der Waals surface area contributed by atoms with Crippen LogP contribution in [0.1, 0.15) is 65.5 Å². The van der Waals surface area contributed by atoms with Crippen LogP contribution in [0.4, 0.5) is 0 Å². The van der Waals surface area contributed by atoms with Crippen LogP contribution in [0.25, 0.3) is 22.3 Å². The van der Waals surface area contributed by atoms with Crippen molar-refractivity contribution in [1.82, 2.24) is 20.3 Å². The van der Waals surface area contributed by atoms with Crippen molar-refractivity contribution in [1.29, 1.82) is 0 Å². The zero-order valence-electron chi connectivity index (χ0n) is 20.0. The fourth-order valence-electron chi connectivity index (χ4n) is 4.80. The highest BCUT2D eigenvalue weighted by atomic mass is 16.4. The number of carboxylic acid groups (broad SMARTS) is 1. The minimum Gasteiger partial charge on any atom is -0.481 e. The van der Waals surface area contributed by atoms with E-state index in [2.05, 4.69) is 10.3 Å². The fourth-order valence-corrected chi connectivity index (χ4v) is 4.80. The summed E-state index contributed by atoms with van der Waals surface area (Å²) in [5.41, 5.74) is 6.62. The first-order chi connectivity index (χ1) is 17.6. The average Bonchev–Trinajstić information content (AvgIpc) is 2.91. The van der Waals surface area contributed by atoms with Crippen molar-refractivity contribution < 1.29 is 14.7 Å². The van der Waals surface area contributed by atoms with E-state index >= 15 is 0 Å². The summed E-state index contributed by atoms with van der Waals surface area (Å²) < 4.78 is 0. The maximum Gasteiger partial charge on any atom is 0.303 e. The Morgan fingerprint density at radius 2 is 1.83 bits per heavy atom. The number of hydrogen-bond acceptors (Lipinski definition) is 5. The van der Waals surface area contributed by atoms with Crippen LogP contribution in [0.15, 0.2) is 66.9 Å². The first-order valence-electron chi connectivity index (χ1n) is 12.4. The van der Waals surface area contributed by atoms with Crippen molar-refractivity contribution in [3.05, 3.63) is 89.4 Å². The molecule has 7 nitrogen and oxygen atoms in total. The second-order valence-electron chi connectivity index (χ2n) is 9.15. The molecule has 0 bridgehead atoms. The molecule has 2 aromatic heterocycles. The summed E-state index contributed by atoms with van der Waals surface area (Å²) in [4.78, 5) is 38.3. The summed E-state index contributed by atoms with van der Waals surface area (Å²) in [5, 5.41) is 12.1. The zero-order chi connectivity index (χ0) is 24.9. The van der Waals surface area contributed by atoms with Crippen molar-refractivity contribution in [2.24, 2.45) is 0 Å². The van der Waals surface area contributed by atoms with Gasteiger partial charge in [-0.15, -0.1) is 0 Å². The molecule has 0 unspecified atom stereocenters. The van der Waals surface area contributed by atoms with Crippen molar-refractivity contribution in [3.63, 3.8) is 0 Å². The number of hydrogen-bond donors (Lipinski definition) is 2. The van der Waals surface area contributed by atoms with Gasteiger partial charge in [0.2, 0.25) is 0 Å². The summed E-state index contributed by atoms with van der Waals surface area (Å²) in [6, 6.07) is 19.2. The average molecular weight is 481 g/mol. The molecule has 5 rings (SSSR count). The standard InChI is InChI=1S/C29H28N4O3/c34-27(35)14-5-4-11-25-28(19-8-2-1-3-9-19)32-24-16-15-20(18-26(24)31-25)29(36)33-23-13-6-12-22-21(23)10-7-17-30-22/h1-3,7-10,15-18,23H,4-6,11-14H2,(H,33,36)(H,34,35)/t23-/m0/s1. The number of carbonyl (C=O) groups excluding carboxylic acids is 1. The van der Waals surface area contributed by atoms with Gasteiger partial charge in [-0.1, -0.05) is 36.4 Å². The van der Waals surface area contributed by atoms with Gasteiger partial charge in [0, 0.05) is 29.4 Å². The van der Waals surface area contributed by atoms with Gasteiger partial charge in [0.25, 0.3) is 5.91 Å². The van der Waals surface area contributed by atoms with Gasteiger partial charge in [0.05, 0.1) is 28.5 Å². The number of benzene rings is 2.